The summed E-state index contributed by atoms with van der Waals surface area (Å²) < 4.78 is 28.3. The van der Waals surface area contributed by atoms with Gasteiger partial charge in [0.1, 0.15) is 0 Å². The number of hydrogen-bond acceptors (Lipinski definition) is 4. The average molecular weight is 321 g/mol. The van der Waals surface area contributed by atoms with Crippen molar-refractivity contribution >= 4 is 10.2 Å². The van der Waals surface area contributed by atoms with Gasteiger partial charge in [-0.2, -0.15) is 17.0 Å². The van der Waals surface area contributed by atoms with Gasteiger partial charge in [-0.1, -0.05) is 20.3 Å². The maximum absolute atomic E-state index is 12.5. The quantitative estimate of drug-likeness (QED) is 0.635. The second-order valence-electron chi connectivity index (χ2n) is 5.54. The number of unbranched alkanes of at least 4 members (excludes halogenated alkanes) is 2. The molecule has 0 amide bonds. The van der Waals surface area contributed by atoms with E-state index in [4.69, 9.17) is 5.73 Å². The Labute approximate surface area is 130 Å². The molecule has 1 heterocycles. The zero-order chi connectivity index (χ0) is 15.7. The van der Waals surface area contributed by atoms with E-state index in [1.165, 1.54) is 0 Å². The van der Waals surface area contributed by atoms with E-state index in [9.17, 15) is 8.42 Å². The van der Waals surface area contributed by atoms with Crippen molar-refractivity contribution < 1.29 is 8.42 Å². The minimum Gasteiger partial charge on any atom is -0.330 e. The first-order valence-electron chi connectivity index (χ1n) is 8.23. The van der Waals surface area contributed by atoms with Gasteiger partial charge in [0.2, 0.25) is 0 Å². The van der Waals surface area contributed by atoms with Gasteiger partial charge in [-0.15, -0.1) is 0 Å². The highest BCUT2D eigenvalue weighted by Gasteiger charge is 2.29. The van der Waals surface area contributed by atoms with Crippen LogP contribution in [0.25, 0.3) is 0 Å². The average Bonchev–Trinajstić information content (AvgIpc) is 2.71. The van der Waals surface area contributed by atoms with Crippen LogP contribution in [0.2, 0.25) is 0 Å². The molecule has 0 aliphatic carbocycles. The Bertz CT molecular complexity index is 371. The summed E-state index contributed by atoms with van der Waals surface area (Å²) >= 11 is 0. The fourth-order valence-corrected chi connectivity index (χ4v) is 4.42. The minimum absolute atomic E-state index is 0.540. The Morgan fingerprint density at radius 3 is 2.33 bits per heavy atom. The molecule has 0 aromatic rings. The van der Waals surface area contributed by atoms with Gasteiger partial charge in [-0.05, 0) is 38.9 Å². The topological polar surface area (TPSA) is 69.9 Å². The SMILES string of the molecule is CCN(CC)S(=O)(=O)N1CCCN(CCCCCN)CC1. The van der Waals surface area contributed by atoms with Crippen LogP contribution < -0.4 is 5.73 Å². The zero-order valence-corrected chi connectivity index (χ0v) is 14.4. The molecule has 21 heavy (non-hydrogen) atoms. The highest BCUT2D eigenvalue weighted by molar-refractivity contribution is 7.86. The molecule has 6 nitrogen and oxygen atoms in total. The second-order valence-corrected chi connectivity index (χ2v) is 7.46. The van der Waals surface area contributed by atoms with E-state index < -0.39 is 10.2 Å². The first kappa shape index (κ1) is 18.8. The zero-order valence-electron chi connectivity index (χ0n) is 13.6. The molecule has 1 aliphatic heterocycles. The van der Waals surface area contributed by atoms with E-state index in [1.807, 2.05) is 13.8 Å². The van der Waals surface area contributed by atoms with Crippen molar-refractivity contribution in [3.8, 4) is 0 Å². The van der Waals surface area contributed by atoms with Crippen molar-refractivity contribution in [1.82, 2.24) is 13.5 Å². The molecule has 0 saturated carbocycles. The van der Waals surface area contributed by atoms with E-state index >= 15 is 0 Å². The van der Waals surface area contributed by atoms with Crippen LogP contribution in [0.4, 0.5) is 0 Å². The molecular formula is C14H32N4O2S. The Balaban J connectivity index is 2.48. The Morgan fingerprint density at radius 1 is 1.00 bits per heavy atom. The van der Waals surface area contributed by atoms with Gasteiger partial charge in [0, 0.05) is 32.7 Å². The maximum atomic E-state index is 12.5. The smallest absolute Gasteiger partial charge is 0.281 e. The molecular weight excluding hydrogens is 288 g/mol. The summed E-state index contributed by atoms with van der Waals surface area (Å²) in [7, 11) is -3.28. The number of hydrogen-bond donors (Lipinski definition) is 1. The van der Waals surface area contributed by atoms with Crippen LogP contribution in [-0.4, -0.2) is 74.3 Å². The molecule has 126 valence electrons. The normalized spacial score (nSPS) is 19.0. The lowest BCUT2D eigenvalue weighted by Gasteiger charge is -2.27. The Morgan fingerprint density at radius 2 is 1.71 bits per heavy atom. The van der Waals surface area contributed by atoms with Crippen LogP contribution >= 0.6 is 0 Å². The van der Waals surface area contributed by atoms with Gasteiger partial charge in [-0.25, -0.2) is 0 Å². The highest BCUT2D eigenvalue weighted by atomic mass is 32.2. The van der Waals surface area contributed by atoms with Crippen LogP contribution in [0.15, 0.2) is 0 Å². The third-order valence-electron chi connectivity index (χ3n) is 4.08. The number of nitrogens with two attached hydrogens (primary N) is 1. The van der Waals surface area contributed by atoms with Gasteiger partial charge in [0.15, 0.2) is 0 Å². The van der Waals surface area contributed by atoms with Crippen molar-refractivity contribution in [2.24, 2.45) is 5.73 Å². The Kier molecular flexibility index (Phi) is 8.73. The minimum atomic E-state index is -3.28. The van der Waals surface area contributed by atoms with E-state index in [1.54, 1.807) is 8.61 Å². The monoisotopic (exact) mass is 320 g/mol. The fraction of sp³-hybridized carbons (Fsp3) is 1.00. The van der Waals surface area contributed by atoms with Gasteiger partial charge in [-0.3, -0.25) is 0 Å². The van der Waals surface area contributed by atoms with Gasteiger partial charge in [0.25, 0.3) is 10.2 Å². The summed E-state index contributed by atoms with van der Waals surface area (Å²) in [5.74, 6) is 0. The largest absolute Gasteiger partial charge is 0.330 e. The van der Waals surface area contributed by atoms with Crippen LogP contribution in [0, 0.1) is 0 Å². The second kappa shape index (κ2) is 9.74. The molecule has 0 spiro atoms. The lowest BCUT2D eigenvalue weighted by Crippen LogP contribution is -2.45. The molecule has 0 radical (unpaired) electrons. The third kappa shape index (κ3) is 5.83. The molecule has 2 N–H and O–H groups in total. The number of rotatable bonds is 9. The van der Waals surface area contributed by atoms with Gasteiger partial charge in [0.05, 0.1) is 0 Å². The number of nitrogens with zero attached hydrogens (tertiary/aromatic N) is 3. The summed E-state index contributed by atoms with van der Waals surface area (Å²) in [6, 6.07) is 0. The van der Waals surface area contributed by atoms with Crippen LogP contribution in [0.3, 0.4) is 0 Å². The van der Waals surface area contributed by atoms with Gasteiger partial charge >= 0.3 is 0 Å². The van der Waals surface area contributed by atoms with Crippen LogP contribution in [0.1, 0.15) is 39.5 Å². The van der Waals surface area contributed by atoms with Crippen LogP contribution in [-0.2, 0) is 10.2 Å². The molecule has 0 unspecified atom stereocenters. The highest BCUT2D eigenvalue weighted by Crippen LogP contribution is 2.13. The maximum Gasteiger partial charge on any atom is 0.281 e. The fourth-order valence-electron chi connectivity index (χ4n) is 2.77. The van der Waals surface area contributed by atoms with Crippen molar-refractivity contribution in [2.75, 3.05) is 52.4 Å². The predicted molar refractivity (Wildman–Crippen MR) is 87.4 cm³/mol. The molecule has 0 aromatic carbocycles. The van der Waals surface area contributed by atoms with E-state index in [2.05, 4.69) is 4.90 Å². The lowest BCUT2D eigenvalue weighted by molar-refractivity contribution is 0.277. The first-order chi connectivity index (χ1) is 10.1. The molecule has 1 aliphatic rings. The van der Waals surface area contributed by atoms with Crippen molar-refractivity contribution in [1.29, 1.82) is 0 Å². The summed E-state index contributed by atoms with van der Waals surface area (Å²) in [4.78, 5) is 2.38. The summed E-state index contributed by atoms with van der Waals surface area (Å²) in [5.41, 5.74) is 5.50. The molecule has 1 rings (SSSR count). The molecule has 1 saturated heterocycles. The van der Waals surface area contributed by atoms with Crippen molar-refractivity contribution in [3.05, 3.63) is 0 Å². The van der Waals surface area contributed by atoms with Crippen molar-refractivity contribution in [2.45, 2.75) is 39.5 Å². The molecule has 0 atom stereocenters. The lowest BCUT2D eigenvalue weighted by atomic mass is 10.2. The van der Waals surface area contributed by atoms with E-state index in [-0.39, 0.29) is 0 Å². The summed E-state index contributed by atoms with van der Waals surface area (Å²) in [5, 5.41) is 0. The molecule has 0 bridgehead atoms. The first-order valence-corrected chi connectivity index (χ1v) is 9.63. The summed E-state index contributed by atoms with van der Waals surface area (Å²) in [6.45, 7) is 9.75. The Hall–Kier alpha value is -0.210. The third-order valence-corrected chi connectivity index (χ3v) is 6.27. The standard InChI is InChI=1S/C14H32N4O2S/c1-3-17(4-2)21(19,20)18-12-8-11-16(13-14-18)10-7-5-6-9-15/h3-15H2,1-2H3. The molecule has 0 aromatic heterocycles. The van der Waals surface area contributed by atoms with Crippen LogP contribution in [0.5, 0.6) is 0 Å². The predicted octanol–water partition coefficient (Wildman–Crippen LogP) is 0.710. The van der Waals surface area contributed by atoms with Gasteiger partial charge < -0.3 is 10.6 Å². The van der Waals surface area contributed by atoms with E-state index in [0.717, 1.165) is 51.9 Å². The molecule has 7 heteroatoms. The molecule has 1 fully saturated rings. The van der Waals surface area contributed by atoms with E-state index in [0.29, 0.717) is 26.2 Å². The summed E-state index contributed by atoms with van der Waals surface area (Å²) in [6.07, 6.45) is 4.31. The van der Waals surface area contributed by atoms with Crippen molar-refractivity contribution in [3.63, 3.8) is 0 Å².